The van der Waals surface area contributed by atoms with Crippen LogP contribution >= 0.6 is 0 Å². The molecule has 0 spiro atoms. The Hall–Kier alpha value is -2.31. The average molecular weight is 346 g/mol. The van der Waals surface area contributed by atoms with Crippen molar-refractivity contribution in [2.45, 2.75) is 45.8 Å². The summed E-state index contributed by atoms with van der Waals surface area (Å²) in [5.41, 5.74) is 1.06. The van der Waals surface area contributed by atoms with E-state index in [1.807, 2.05) is 32.9 Å². The van der Waals surface area contributed by atoms with Crippen molar-refractivity contribution >= 4 is 17.3 Å². The third-order valence-corrected chi connectivity index (χ3v) is 4.61. The van der Waals surface area contributed by atoms with E-state index in [1.165, 1.54) is 0 Å². The van der Waals surface area contributed by atoms with Crippen molar-refractivity contribution in [3.8, 4) is 0 Å². The molecule has 3 rings (SSSR count). The SMILES string of the molecule is Cn1c(=O)n(CC2CCN(C(=O)OC(C)(C)C)CC2)c2ncccc21. The first kappa shape index (κ1) is 17.5. The van der Waals surface area contributed by atoms with Gasteiger partial charge in [0, 0.05) is 32.9 Å². The quantitative estimate of drug-likeness (QED) is 0.837. The number of fused-ring (bicyclic) bond motifs is 1. The second-order valence-electron chi connectivity index (χ2n) is 7.71. The molecule has 1 aliphatic heterocycles. The molecule has 0 saturated carbocycles. The fraction of sp³-hybridized carbons (Fsp3) is 0.611. The molecule has 0 aromatic carbocycles. The van der Waals surface area contributed by atoms with E-state index in [-0.39, 0.29) is 11.8 Å². The van der Waals surface area contributed by atoms with Crippen LogP contribution in [-0.4, -0.2) is 43.8 Å². The summed E-state index contributed by atoms with van der Waals surface area (Å²) in [6.07, 6.45) is 3.17. The van der Waals surface area contributed by atoms with E-state index in [4.69, 9.17) is 4.74 Å². The maximum atomic E-state index is 12.5. The summed E-state index contributed by atoms with van der Waals surface area (Å²) >= 11 is 0. The lowest BCUT2D eigenvalue weighted by Crippen LogP contribution is -2.42. The lowest BCUT2D eigenvalue weighted by molar-refractivity contribution is 0.0178. The highest BCUT2D eigenvalue weighted by Gasteiger charge is 2.27. The van der Waals surface area contributed by atoms with Crippen LogP contribution in [0.2, 0.25) is 0 Å². The molecule has 0 radical (unpaired) electrons. The van der Waals surface area contributed by atoms with Gasteiger partial charge in [-0.15, -0.1) is 0 Å². The highest BCUT2D eigenvalue weighted by molar-refractivity contribution is 5.71. The molecule has 0 atom stereocenters. The van der Waals surface area contributed by atoms with Crippen molar-refractivity contribution < 1.29 is 9.53 Å². The lowest BCUT2D eigenvalue weighted by Gasteiger charge is -2.33. The Morgan fingerprint density at radius 1 is 1.32 bits per heavy atom. The van der Waals surface area contributed by atoms with E-state index in [0.29, 0.717) is 25.6 Å². The number of aryl methyl sites for hydroxylation is 1. The van der Waals surface area contributed by atoms with Gasteiger partial charge in [-0.25, -0.2) is 14.6 Å². The van der Waals surface area contributed by atoms with Crippen molar-refractivity contribution in [2.75, 3.05) is 13.1 Å². The van der Waals surface area contributed by atoms with Crippen molar-refractivity contribution in [3.63, 3.8) is 0 Å². The summed E-state index contributed by atoms with van der Waals surface area (Å²) in [6.45, 7) is 7.57. The number of nitrogens with zero attached hydrogens (tertiary/aromatic N) is 4. The van der Waals surface area contributed by atoms with E-state index >= 15 is 0 Å². The Morgan fingerprint density at radius 3 is 2.64 bits per heavy atom. The third-order valence-electron chi connectivity index (χ3n) is 4.61. The molecule has 2 aromatic heterocycles. The van der Waals surface area contributed by atoms with Crippen LogP contribution in [-0.2, 0) is 18.3 Å². The van der Waals surface area contributed by atoms with Crippen LogP contribution in [0, 0.1) is 5.92 Å². The van der Waals surface area contributed by atoms with Gasteiger partial charge >= 0.3 is 11.8 Å². The summed E-state index contributed by atoms with van der Waals surface area (Å²) in [5.74, 6) is 0.351. The third kappa shape index (κ3) is 3.70. The number of ether oxygens (including phenoxy) is 1. The van der Waals surface area contributed by atoms with Crippen molar-refractivity contribution in [2.24, 2.45) is 13.0 Å². The second kappa shape index (κ2) is 6.54. The van der Waals surface area contributed by atoms with E-state index in [2.05, 4.69) is 4.98 Å². The molecule has 136 valence electrons. The summed E-state index contributed by atoms with van der Waals surface area (Å²) in [4.78, 5) is 30.8. The van der Waals surface area contributed by atoms with Crippen LogP contribution in [0.1, 0.15) is 33.6 Å². The summed E-state index contributed by atoms with van der Waals surface area (Å²) < 4.78 is 8.82. The number of likely N-dealkylation sites (tertiary alicyclic amines) is 1. The van der Waals surface area contributed by atoms with E-state index < -0.39 is 5.60 Å². The number of pyridine rings is 1. The number of aromatic nitrogens is 3. The van der Waals surface area contributed by atoms with Gasteiger partial charge in [-0.05, 0) is 51.7 Å². The van der Waals surface area contributed by atoms with Crippen LogP contribution in [0.25, 0.3) is 11.2 Å². The molecular formula is C18H26N4O3. The molecule has 0 N–H and O–H groups in total. The molecular weight excluding hydrogens is 320 g/mol. The zero-order chi connectivity index (χ0) is 18.2. The molecule has 3 heterocycles. The minimum Gasteiger partial charge on any atom is -0.444 e. The molecule has 0 bridgehead atoms. The summed E-state index contributed by atoms with van der Waals surface area (Å²) in [5, 5.41) is 0. The number of amides is 1. The van der Waals surface area contributed by atoms with Crippen LogP contribution in [0.3, 0.4) is 0 Å². The lowest BCUT2D eigenvalue weighted by atomic mass is 9.97. The van der Waals surface area contributed by atoms with Crippen LogP contribution in [0.4, 0.5) is 4.79 Å². The smallest absolute Gasteiger partial charge is 0.410 e. The van der Waals surface area contributed by atoms with E-state index in [0.717, 1.165) is 24.0 Å². The van der Waals surface area contributed by atoms with Gasteiger partial charge in [0.25, 0.3) is 0 Å². The fourth-order valence-electron chi connectivity index (χ4n) is 3.28. The molecule has 0 aliphatic carbocycles. The zero-order valence-corrected chi connectivity index (χ0v) is 15.4. The van der Waals surface area contributed by atoms with Gasteiger partial charge in [0.15, 0.2) is 5.65 Å². The number of imidazole rings is 1. The Balaban J connectivity index is 1.67. The van der Waals surface area contributed by atoms with Gasteiger partial charge < -0.3 is 9.64 Å². The molecule has 7 heteroatoms. The Kier molecular flexibility index (Phi) is 4.58. The number of hydrogen-bond donors (Lipinski definition) is 0. The largest absolute Gasteiger partial charge is 0.444 e. The van der Waals surface area contributed by atoms with Crippen LogP contribution in [0.5, 0.6) is 0 Å². The maximum absolute atomic E-state index is 12.5. The van der Waals surface area contributed by atoms with Crippen LogP contribution < -0.4 is 5.69 Å². The number of hydrogen-bond acceptors (Lipinski definition) is 4. The zero-order valence-electron chi connectivity index (χ0n) is 15.4. The maximum Gasteiger partial charge on any atom is 0.410 e. The first-order valence-electron chi connectivity index (χ1n) is 8.74. The van der Waals surface area contributed by atoms with Gasteiger partial charge in [0.2, 0.25) is 0 Å². The standard InChI is InChI=1S/C18H26N4O3/c1-18(2,3)25-17(24)21-10-7-13(8-11-21)12-22-15-14(6-5-9-19-15)20(4)16(22)23/h5-6,9,13H,7-8,10-12H2,1-4H3. The Morgan fingerprint density at radius 2 is 2.00 bits per heavy atom. The molecule has 0 unspecified atom stereocenters. The second-order valence-corrected chi connectivity index (χ2v) is 7.71. The molecule has 1 saturated heterocycles. The molecule has 1 amide bonds. The Bertz CT molecular complexity index is 823. The Labute approximate surface area is 147 Å². The van der Waals surface area contributed by atoms with Crippen LogP contribution in [0.15, 0.2) is 23.1 Å². The van der Waals surface area contributed by atoms with Gasteiger partial charge in [-0.1, -0.05) is 0 Å². The molecule has 2 aromatic rings. The monoisotopic (exact) mass is 346 g/mol. The van der Waals surface area contributed by atoms with Crippen molar-refractivity contribution in [3.05, 3.63) is 28.8 Å². The first-order valence-corrected chi connectivity index (χ1v) is 8.74. The minimum atomic E-state index is -0.476. The van der Waals surface area contributed by atoms with E-state index in [9.17, 15) is 9.59 Å². The minimum absolute atomic E-state index is 0.0386. The number of rotatable bonds is 2. The average Bonchev–Trinajstić information content (AvgIpc) is 2.79. The van der Waals surface area contributed by atoms with Gasteiger partial charge in [0.1, 0.15) is 5.60 Å². The molecule has 7 nitrogen and oxygen atoms in total. The molecule has 25 heavy (non-hydrogen) atoms. The number of carbonyl (C=O) groups excluding carboxylic acids is 1. The fourth-order valence-corrected chi connectivity index (χ4v) is 3.28. The van der Waals surface area contributed by atoms with E-state index in [1.54, 1.807) is 27.3 Å². The first-order chi connectivity index (χ1) is 11.8. The van der Waals surface area contributed by atoms with Gasteiger partial charge in [-0.2, -0.15) is 0 Å². The topological polar surface area (TPSA) is 69.4 Å². The number of carbonyl (C=O) groups is 1. The number of piperidine rings is 1. The van der Waals surface area contributed by atoms with Gasteiger partial charge in [-0.3, -0.25) is 9.13 Å². The van der Waals surface area contributed by atoms with Crippen molar-refractivity contribution in [1.29, 1.82) is 0 Å². The highest BCUT2D eigenvalue weighted by Crippen LogP contribution is 2.22. The predicted octanol–water partition coefficient (Wildman–Crippen LogP) is 2.38. The predicted molar refractivity (Wildman–Crippen MR) is 95.5 cm³/mol. The summed E-state index contributed by atoms with van der Waals surface area (Å²) in [6, 6.07) is 3.75. The molecule has 1 fully saturated rings. The van der Waals surface area contributed by atoms with Gasteiger partial charge in [0.05, 0.1) is 5.52 Å². The molecule has 1 aliphatic rings. The highest BCUT2D eigenvalue weighted by atomic mass is 16.6. The summed E-state index contributed by atoms with van der Waals surface area (Å²) in [7, 11) is 1.77. The normalized spacial score (nSPS) is 16.4. The van der Waals surface area contributed by atoms with Crippen molar-refractivity contribution in [1.82, 2.24) is 19.0 Å².